The number of aliphatic hydroxyl groups is 1. The molecular formula is C10H22O2. The summed E-state index contributed by atoms with van der Waals surface area (Å²) in [5, 5.41) is 8.93. The van der Waals surface area contributed by atoms with E-state index in [2.05, 4.69) is 20.8 Å². The Labute approximate surface area is 75.9 Å². The Kier molecular flexibility index (Phi) is 5.51. The van der Waals surface area contributed by atoms with Crippen molar-refractivity contribution < 1.29 is 9.84 Å². The molecule has 0 heterocycles. The number of methoxy groups -OCH3 is 1. The van der Waals surface area contributed by atoms with Crippen molar-refractivity contribution in [2.75, 3.05) is 13.7 Å². The van der Waals surface area contributed by atoms with Gasteiger partial charge in [0.05, 0.1) is 5.60 Å². The van der Waals surface area contributed by atoms with E-state index in [4.69, 9.17) is 9.84 Å². The number of aliphatic hydroxyl groups excluding tert-OH is 1. The third kappa shape index (κ3) is 2.76. The topological polar surface area (TPSA) is 29.5 Å². The molecule has 0 saturated carbocycles. The maximum absolute atomic E-state index is 8.93. The van der Waals surface area contributed by atoms with Gasteiger partial charge < -0.3 is 9.84 Å². The second-order valence-electron chi connectivity index (χ2n) is 3.65. The third-order valence-electron chi connectivity index (χ3n) is 2.67. The predicted octanol–water partition coefficient (Wildman–Crippen LogP) is 2.21. The minimum absolute atomic E-state index is 0.108. The van der Waals surface area contributed by atoms with Gasteiger partial charge in [0.25, 0.3) is 0 Å². The van der Waals surface area contributed by atoms with Crippen LogP contribution in [0.25, 0.3) is 0 Å². The van der Waals surface area contributed by atoms with Gasteiger partial charge in [-0.2, -0.15) is 0 Å². The average molecular weight is 174 g/mol. The van der Waals surface area contributed by atoms with E-state index >= 15 is 0 Å². The monoisotopic (exact) mass is 174 g/mol. The summed E-state index contributed by atoms with van der Waals surface area (Å²) in [4.78, 5) is 0. The molecule has 0 aromatic heterocycles. The maximum Gasteiger partial charge on any atom is 0.0723 e. The second-order valence-corrected chi connectivity index (χ2v) is 3.65. The number of hydrogen-bond acceptors (Lipinski definition) is 2. The van der Waals surface area contributed by atoms with Crippen LogP contribution in [0.3, 0.4) is 0 Å². The number of hydrogen-bond donors (Lipinski definition) is 1. The van der Waals surface area contributed by atoms with Crippen molar-refractivity contribution in [3.8, 4) is 0 Å². The predicted molar refractivity (Wildman–Crippen MR) is 51.2 cm³/mol. The molecule has 0 saturated heterocycles. The lowest BCUT2D eigenvalue weighted by Crippen LogP contribution is -2.38. The molecule has 0 aliphatic carbocycles. The van der Waals surface area contributed by atoms with Gasteiger partial charge in [0, 0.05) is 13.7 Å². The molecule has 74 valence electrons. The number of ether oxygens (including phenoxy) is 1. The van der Waals surface area contributed by atoms with Gasteiger partial charge in [0.15, 0.2) is 0 Å². The zero-order valence-electron chi connectivity index (χ0n) is 8.76. The highest BCUT2D eigenvalue weighted by Crippen LogP contribution is 2.29. The Morgan fingerprint density at radius 1 is 1.33 bits per heavy atom. The second kappa shape index (κ2) is 5.55. The van der Waals surface area contributed by atoms with Crippen LogP contribution in [0.1, 0.15) is 40.0 Å². The van der Waals surface area contributed by atoms with Crippen molar-refractivity contribution in [1.82, 2.24) is 0 Å². The van der Waals surface area contributed by atoms with E-state index in [-0.39, 0.29) is 12.2 Å². The molecule has 0 aromatic carbocycles. The van der Waals surface area contributed by atoms with Crippen LogP contribution in [-0.4, -0.2) is 24.4 Å². The molecule has 0 unspecified atom stereocenters. The van der Waals surface area contributed by atoms with Gasteiger partial charge in [0.2, 0.25) is 0 Å². The summed E-state index contributed by atoms with van der Waals surface area (Å²) in [6.07, 6.45) is 2.88. The summed E-state index contributed by atoms with van der Waals surface area (Å²) >= 11 is 0. The molecule has 0 aliphatic heterocycles. The number of rotatable bonds is 6. The van der Waals surface area contributed by atoms with Crippen molar-refractivity contribution >= 4 is 0 Å². The maximum atomic E-state index is 8.93. The first kappa shape index (κ1) is 11.9. The highest BCUT2D eigenvalue weighted by atomic mass is 16.5. The van der Waals surface area contributed by atoms with Gasteiger partial charge in [-0.1, -0.05) is 27.2 Å². The van der Waals surface area contributed by atoms with E-state index in [1.165, 1.54) is 0 Å². The molecule has 0 radical (unpaired) electrons. The Bertz CT molecular complexity index is 104. The fourth-order valence-electron chi connectivity index (χ4n) is 1.75. The highest BCUT2D eigenvalue weighted by molar-refractivity contribution is 4.83. The lowest BCUT2D eigenvalue weighted by Gasteiger charge is -2.35. The fraction of sp³-hybridized carbons (Fsp3) is 1.00. The Morgan fingerprint density at radius 3 is 2.17 bits per heavy atom. The summed E-state index contributed by atoms with van der Waals surface area (Å²) in [7, 11) is 1.74. The lowest BCUT2D eigenvalue weighted by atomic mass is 9.83. The smallest absolute Gasteiger partial charge is 0.0723 e. The average Bonchev–Trinajstić information content (AvgIpc) is 2.03. The van der Waals surface area contributed by atoms with Gasteiger partial charge in [0.1, 0.15) is 0 Å². The van der Waals surface area contributed by atoms with Crippen molar-refractivity contribution in [2.24, 2.45) is 5.92 Å². The van der Waals surface area contributed by atoms with Crippen LogP contribution in [0, 0.1) is 5.92 Å². The summed E-state index contributed by atoms with van der Waals surface area (Å²) in [5.41, 5.74) is -0.108. The van der Waals surface area contributed by atoms with Gasteiger partial charge in [-0.25, -0.2) is 0 Å². The zero-order valence-corrected chi connectivity index (χ0v) is 8.76. The Morgan fingerprint density at radius 2 is 1.92 bits per heavy atom. The van der Waals surface area contributed by atoms with Crippen LogP contribution in [-0.2, 0) is 4.74 Å². The summed E-state index contributed by atoms with van der Waals surface area (Å²) in [6, 6.07) is 0. The lowest BCUT2D eigenvalue weighted by molar-refractivity contribution is -0.0697. The molecule has 0 aromatic rings. The van der Waals surface area contributed by atoms with Crippen molar-refractivity contribution in [3.63, 3.8) is 0 Å². The van der Waals surface area contributed by atoms with E-state index in [1.807, 2.05) is 0 Å². The zero-order chi connectivity index (χ0) is 9.61. The molecular weight excluding hydrogens is 152 g/mol. The first-order valence-electron chi connectivity index (χ1n) is 4.79. The molecule has 12 heavy (non-hydrogen) atoms. The molecule has 0 spiro atoms. The molecule has 0 bridgehead atoms. The Balaban J connectivity index is 4.28. The van der Waals surface area contributed by atoms with Gasteiger partial charge in [-0.3, -0.25) is 0 Å². The van der Waals surface area contributed by atoms with E-state index in [0.29, 0.717) is 5.92 Å². The molecule has 2 nitrogen and oxygen atoms in total. The molecule has 1 atom stereocenters. The van der Waals surface area contributed by atoms with Crippen LogP contribution in [0.5, 0.6) is 0 Å². The highest BCUT2D eigenvalue weighted by Gasteiger charge is 2.31. The van der Waals surface area contributed by atoms with Crippen molar-refractivity contribution in [1.29, 1.82) is 0 Å². The van der Waals surface area contributed by atoms with Crippen LogP contribution < -0.4 is 0 Å². The Hall–Kier alpha value is -0.0800. The summed E-state index contributed by atoms with van der Waals surface area (Å²) in [5.74, 6) is 0.467. The van der Waals surface area contributed by atoms with Crippen LogP contribution in [0.2, 0.25) is 0 Å². The fourth-order valence-corrected chi connectivity index (χ4v) is 1.75. The van der Waals surface area contributed by atoms with E-state index < -0.39 is 0 Å². The van der Waals surface area contributed by atoms with Gasteiger partial charge in [-0.15, -0.1) is 0 Å². The van der Waals surface area contributed by atoms with Crippen LogP contribution in [0.4, 0.5) is 0 Å². The third-order valence-corrected chi connectivity index (χ3v) is 2.67. The molecule has 2 heteroatoms. The molecule has 0 aliphatic rings. The SMILES string of the molecule is CCC[C@@](CCO)(OC)C(C)C. The largest absolute Gasteiger partial charge is 0.396 e. The van der Waals surface area contributed by atoms with Gasteiger partial charge >= 0.3 is 0 Å². The summed E-state index contributed by atoms with van der Waals surface area (Å²) < 4.78 is 5.52. The minimum Gasteiger partial charge on any atom is -0.396 e. The molecule has 1 N–H and O–H groups in total. The van der Waals surface area contributed by atoms with E-state index in [9.17, 15) is 0 Å². The quantitative estimate of drug-likeness (QED) is 0.669. The molecule has 0 amide bonds. The first-order chi connectivity index (χ1) is 5.63. The van der Waals surface area contributed by atoms with Crippen LogP contribution in [0.15, 0.2) is 0 Å². The van der Waals surface area contributed by atoms with Crippen molar-refractivity contribution in [2.45, 2.75) is 45.6 Å². The van der Waals surface area contributed by atoms with Crippen molar-refractivity contribution in [3.05, 3.63) is 0 Å². The minimum atomic E-state index is -0.108. The van der Waals surface area contributed by atoms with Crippen LogP contribution >= 0.6 is 0 Å². The van der Waals surface area contributed by atoms with E-state index in [0.717, 1.165) is 19.3 Å². The van der Waals surface area contributed by atoms with Gasteiger partial charge in [-0.05, 0) is 18.8 Å². The molecule has 0 fully saturated rings. The summed E-state index contributed by atoms with van der Waals surface area (Å²) in [6.45, 7) is 6.66. The standard InChI is InChI=1S/C10H22O2/c1-5-6-10(12-4,7-8-11)9(2)3/h9,11H,5-8H2,1-4H3/t10-/m0/s1. The first-order valence-corrected chi connectivity index (χ1v) is 4.79. The molecule has 0 rings (SSSR count). The van der Waals surface area contributed by atoms with E-state index in [1.54, 1.807) is 7.11 Å². The normalized spacial score (nSPS) is 16.5.